The molecule has 0 radical (unpaired) electrons. The summed E-state index contributed by atoms with van der Waals surface area (Å²) in [6, 6.07) is 7.49. The van der Waals surface area contributed by atoms with Gasteiger partial charge in [0.1, 0.15) is 17.9 Å². The minimum atomic E-state index is -1.30. The molecule has 0 heterocycles. The predicted octanol–water partition coefficient (Wildman–Crippen LogP) is 3.80. The quantitative estimate of drug-likeness (QED) is 0.294. The summed E-state index contributed by atoms with van der Waals surface area (Å²) >= 11 is 0. The first kappa shape index (κ1) is 23.4. The molecule has 0 aliphatic rings. The van der Waals surface area contributed by atoms with Gasteiger partial charge >= 0.3 is 5.97 Å². The Hall–Kier alpha value is -2.84. The Labute approximate surface area is 173 Å². The van der Waals surface area contributed by atoms with Crippen LogP contribution in [-0.4, -0.2) is 51.9 Å². The van der Waals surface area contributed by atoms with Gasteiger partial charge in [-0.3, -0.25) is 4.79 Å². The van der Waals surface area contributed by atoms with Crippen molar-refractivity contribution >= 4 is 11.8 Å². The van der Waals surface area contributed by atoms with Crippen LogP contribution < -0.4 is 4.74 Å². The molecule has 0 aromatic heterocycles. The molecule has 0 N–H and O–H groups in total. The SMILES string of the molecule is CCCOCCOCCOc1ccc(F)c(F)c1C(=O)c1ccc(C(=O)OC)cc1. The third-order valence-electron chi connectivity index (χ3n) is 4.06. The fraction of sp³-hybridized carbons (Fsp3) is 0.364. The monoisotopic (exact) mass is 422 g/mol. The molecule has 2 aromatic carbocycles. The van der Waals surface area contributed by atoms with Crippen molar-refractivity contribution in [2.45, 2.75) is 13.3 Å². The number of ketones is 1. The molecule has 0 fully saturated rings. The third-order valence-corrected chi connectivity index (χ3v) is 4.06. The van der Waals surface area contributed by atoms with Crippen molar-refractivity contribution in [3.63, 3.8) is 0 Å². The van der Waals surface area contributed by atoms with E-state index in [1.54, 1.807) is 0 Å². The molecular formula is C22H24F2O6. The van der Waals surface area contributed by atoms with Crippen LogP contribution in [0, 0.1) is 11.6 Å². The summed E-state index contributed by atoms with van der Waals surface area (Å²) in [5, 5.41) is 0. The second kappa shape index (κ2) is 12.0. The number of esters is 1. The van der Waals surface area contributed by atoms with Crippen LogP contribution in [-0.2, 0) is 14.2 Å². The van der Waals surface area contributed by atoms with Crippen LogP contribution in [0.2, 0.25) is 0 Å². The Morgan fingerprint density at radius 3 is 2.07 bits per heavy atom. The molecule has 0 unspecified atom stereocenters. The highest BCUT2D eigenvalue weighted by atomic mass is 19.2. The first-order chi connectivity index (χ1) is 14.5. The van der Waals surface area contributed by atoms with E-state index in [-0.39, 0.29) is 30.1 Å². The van der Waals surface area contributed by atoms with Gasteiger partial charge in [0.15, 0.2) is 17.4 Å². The normalized spacial score (nSPS) is 10.7. The number of rotatable bonds is 12. The van der Waals surface area contributed by atoms with Crippen molar-refractivity contribution in [2.24, 2.45) is 0 Å². The maximum atomic E-state index is 14.4. The van der Waals surface area contributed by atoms with E-state index in [4.69, 9.17) is 14.2 Å². The topological polar surface area (TPSA) is 71.1 Å². The molecule has 0 atom stereocenters. The lowest BCUT2D eigenvalue weighted by Gasteiger charge is -2.13. The molecule has 2 rings (SSSR count). The highest BCUT2D eigenvalue weighted by Gasteiger charge is 2.23. The van der Waals surface area contributed by atoms with E-state index in [1.807, 2.05) is 6.92 Å². The molecule has 6 nitrogen and oxygen atoms in total. The Morgan fingerprint density at radius 1 is 0.833 bits per heavy atom. The van der Waals surface area contributed by atoms with E-state index in [0.29, 0.717) is 19.8 Å². The van der Waals surface area contributed by atoms with Crippen LogP contribution in [0.15, 0.2) is 36.4 Å². The largest absolute Gasteiger partial charge is 0.490 e. The zero-order chi connectivity index (χ0) is 21.9. The van der Waals surface area contributed by atoms with Crippen molar-refractivity contribution in [1.29, 1.82) is 0 Å². The highest BCUT2D eigenvalue weighted by Crippen LogP contribution is 2.27. The van der Waals surface area contributed by atoms with Crippen LogP contribution in [0.5, 0.6) is 5.75 Å². The Morgan fingerprint density at radius 2 is 1.43 bits per heavy atom. The number of ether oxygens (including phenoxy) is 4. The molecule has 0 saturated heterocycles. The molecule has 0 aliphatic carbocycles. The zero-order valence-electron chi connectivity index (χ0n) is 16.9. The summed E-state index contributed by atoms with van der Waals surface area (Å²) in [4.78, 5) is 24.3. The van der Waals surface area contributed by atoms with Gasteiger partial charge in [0.05, 0.1) is 32.5 Å². The lowest BCUT2D eigenvalue weighted by Crippen LogP contribution is -2.14. The van der Waals surface area contributed by atoms with Crippen molar-refractivity contribution in [3.05, 3.63) is 64.7 Å². The van der Waals surface area contributed by atoms with Gasteiger partial charge in [-0.2, -0.15) is 0 Å². The summed E-state index contributed by atoms with van der Waals surface area (Å²) < 4.78 is 48.8. The first-order valence-corrected chi connectivity index (χ1v) is 9.49. The smallest absolute Gasteiger partial charge is 0.337 e. The minimum absolute atomic E-state index is 0.0421. The van der Waals surface area contributed by atoms with Gasteiger partial charge in [-0.05, 0) is 30.7 Å². The fourth-order valence-corrected chi connectivity index (χ4v) is 2.56. The van der Waals surface area contributed by atoms with Crippen LogP contribution in [0.4, 0.5) is 8.78 Å². The Balaban J connectivity index is 2.07. The van der Waals surface area contributed by atoms with Gasteiger partial charge in [0.2, 0.25) is 0 Å². The molecule has 8 heteroatoms. The highest BCUT2D eigenvalue weighted by molar-refractivity contribution is 6.11. The summed E-state index contributed by atoms with van der Waals surface area (Å²) in [5.74, 6) is -3.91. The second-order valence-electron chi connectivity index (χ2n) is 6.21. The number of hydrogen-bond donors (Lipinski definition) is 0. The van der Waals surface area contributed by atoms with Gasteiger partial charge in [0.25, 0.3) is 0 Å². The van der Waals surface area contributed by atoms with Gasteiger partial charge in [0, 0.05) is 12.2 Å². The fourth-order valence-electron chi connectivity index (χ4n) is 2.56. The molecule has 30 heavy (non-hydrogen) atoms. The van der Waals surface area contributed by atoms with E-state index < -0.39 is 29.0 Å². The van der Waals surface area contributed by atoms with Crippen molar-refractivity contribution in [3.8, 4) is 5.75 Å². The van der Waals surface area contributed by atoms with E-state index in [9.17, 15) is 18.4 Å². The third kappa shape index (κ3) is 6.33. The van der Waals surface area contributed by atoms with Crippen molar-refractivity contribution in [1.82, 2.24) is 0 Å². The number of hydrogen-bond acceptors (Lipinski definition) is 6. The Bertz CT molecular complexity index is 851. The predicted molar refractivity (Wildman–Crippen MR) is 105 cm³/mol. The number of methoxy groups -OCH3 is 1. The zero-order valence-corrected chi connectivity index (χ0v) is 16.9. The maximum Gasteiger partial charge on any atom is 0.337 e. The van der Waals surface area contributed by atoms with Crippen molar-refractivity contribution in [2.75, 3.05) is 40.1 Å². The molecule has 162 valence electrons. The standard InChI is InChI=1S/C22H24F2O6/c1-3-10-28-11-12-29-13-14-30-18-9-8-17(23)20(24)19(18)21(25)15-4-6-16(7-5-15)22(26)27-2/h4-9H,3,10-14H2,1-2H3. The lowest BCUT2D eigenvalue weighted by molar-refractivity contribution is 0.0364. The summed E-state index contributed by atoms with van der Waals surface area (Å²) in [7, 11) is 1.23. The van der Waals surface area contributed by atoms with Crippen LogP contribution in [0.1, 0.15) is 39.6 Å². The number of carbonyl (C=O) groups excluding carboxylic acids is 2. The first-order valence-electron chi connectivity index (χ1n) is 9.49. The summed E-state index contributed by atoms with van der Waals surface area (Å²) in [6.07, 6.45) is 0.918. The molecular weight excluding hydrogens is 398 g/mol. The van der Waals surface area contributed by atoms with Gasteiger partial charge in [-0.1, -0.05) is 19.1 Å². The van der Waals surface area contributed by atoms with E-state index >= 15 is 0 Å². The number of halogens is 2. The van der Waals surface area contributed by atoms with Crippen molar-refractivity contribution < 1.29 is 37.3 Å². The van der Waals surface area contributed by atoms with Crippen LogP contribution >= 0.6 is 0 Å². The van der Waals surface area contributed by atoms with E-state index in [1.165, 1.54) is 37.4 Å². The van der Waals surface area contributed by atoms with Crippen LogP contribution in [0.25, 0.3) is 0 Å². The second-order valence-corrected chi connectivity index (χ2v) is 6.21. The molecule has 0 aliphatic heterocycles. The maximum absolute atomic E-state index is 14.4. The average molecular weight is 422 g/mol. The van der Waals surface area contributed by atoms with Gasteiger partial charge in [-0.15, -0.1) is 0 Å². The average Bonchev–Trinajstić information content (AvgIpc) is 2.77. The van der Waals surface area contributed by atoms with E-state index in [0.717, 1.165) is 12.5 Å². The lowest BCUT2D eigenvalue weighted by atomic mass is 10.0. The molecule has 0 amide bonds. The molecule has 0 saturated carbocycles. The minimum Gasteiger partial charge on any atom is -0.490 e. The van der Waals surface area contributed by atoms with E-state index in [2.05, 4.69) is 4.74 Å². The molecule has 2 aromatic rings. The number of carbonyl (C=O) groups is 2. The van der Waals surface area contributed by atoms with Crippen LogP contribution in [0.3, 0.4) is 0 Å². The summed E-state index contributed by atoms with van der Waals surface area (Å²) in [6.45, 7) is 3.71. The van der Waals surface area contributed by atoms with Gasteiger partial charge in [-0.25, -0.2) is 13.6 Å². The number of benzene rings is 2. The summed E-state index contributed by atoms with van der Waals surface area (Å²) in [5.41, 5.74) is -0.223. The molecule has 0 bridgehead atoms. The Kier molecular flexibility index (Phi) is 9.37. The van der Waals surface area contributed by atoms with Gasteiger partial charge < -0.3 is 18.9 Å². The molecule has 0 spiro atoms.